The van der Waals surface area contributed by atoms with E-state index in [2.05, 4.69) is 12.2 Å². The van der Waals surface area contributed by atoms with Crippen molar-refractivity contribution in [2.45, 2.75) is 20.3 Å². The third-order valence-corrected chi connectivity index (χ3v) is 3.01. The molecule has 0 fully saturated rings. The van der Waals surface area contributed by atoms with E-state index in [1.54, 1.807) is 24.3 Å². The molecule has 0 heterocycles. The van der Waals surface area contributed by atoms with Crippen LogP contribution in [0.5, 0.6) is 5.75 Å². The lowest BCUT2D eigenvalue weighted by molar-refractivity contribution is -0.131. The lowest BCUT2D eigenvalue weighted by atomic mass is 10.1. The molecule has 1 amide bonds. The number of nitrogens with one attached hydrogen (secondary N) is 1. The molecule has 0 atom stereocenters. The number of hydrogen-bond donors (Lipinski definition) is 1. The van der Waals surface area contributed by atoms with Crippen LogP contribution in [0.4, 0.5) is 5.69 Å². The second-order valence-electron chi connectivity index (χ2n) is 4.59. The van der Waals surface area contributed by atoms with Crippen molar-refractivity contribution in [2.24, 2.45) is 0 Å². The molecule has 2 aromatic rings. The summed E-state index contributed by atoms with van der Waals surface area (Å²) >= 11 is 0. The number of amides is 1. The van der Waals surface area contributed by atoms with Crippen molar-refractivity contribution in [2.75, 3.05) is 5.32 Å². The molecular weight excluding hydrogens is 266 g/mol. The average Bonchev–Trinajstić information content (AvgIpc) is 2.48. The Hall–Kier alpha value is -2.62. The predicted octanol–water partition coefficient (Wildman–Crippen LogP) is 3.43. The number of para-hydroxylation sites is 1. The summed E-state index contributed by atoms with van der Waals surface area (Å²) in [7, 11) is 0. The first-order valence-electron chi connectivity index (χ1n) is 6.78. The van der Waals surface area contributed by atoms with E-state index in [1.807, 2.05) is 24.3 Å². The second-order valence-corrected chi connectivity index (χ2v) is 4.59. The monoisotopic (exact) mass is 283 g/mol. The van der Waals surface area contributed by atoms with E-state index in [4.69, 9.17) is 4.74 Å². The van der Waals surface area contributed by atoms with Gasteiger partial charge in [0, 0.05) is 12.6 Å². The van der Waals surface area contributed by atoms with Gasteiger partial charge in [-0.1, -0.05) is 31.2 Å². The fourth-order valence-corrected chi connectivity index (χ4v) is 1.92. The Bertz CT molecular complexity index is 647. The molecule has 0 saturated heterocycles. The van der Waals surface area contributed by atoms with Gasteiger partial charge < -0.3 is 10.1 Å². The van der Waals surface area contributed by atoms with Crippen LogP contribution in [0.2, 0.25) is 0 Å². The number of rotatable bonds is 4. The molecule has 0 bridgehead atoms. The Morgan fingerprint density at radius 2 is 1.71 bits per heavy atom. The molecule has 4 nitrogen and oxygen atoms in total. The van der Waals surface area contributed by atoms with Gasteiger partial charge in [-0.15, -0.1) is 0 Å². The first kappa shape index (κ1) is 14.8. The van der Waals surface area contributed by atoms with Crippen molar-refractivity contribution in [3.8, 4) is 5.75 Å². The number of benzene rings is 2. The van der Waals surface area contributed by atoms with Gasteiger partial charge in [-0.2, -0.15) is 0 Å². The molecule has 21 heavy (non-hydrogen) atoms. The van der Waals surface area contributed by atoms with Gasteiger partial charge in [-0.25, -0.2) is 0 Å². The van der Waals surface area contributed by atoms with Crippen LogP contribution in [0.3, 0.4) is 0 Å². The number of ether oxygens (including phenoxy) is 1. The van der Waals surface area contributed by atoms with Gasteiger partial charge in [0.2, 0.25) is 0 Å². The van der Waals surface area contributed by atoms with Crippen LogP contribution in [0.25, 0.3) is 0 Å². The van der Waals surface area contributed by atoms with Crippen LogP contribution in [-0.4, -0.2) is 11.9 Å². The summed E-state index contributed by atoms with van der Waals surface area (Å²) in [5.74, 6) is -0.508. The summed E-state index contributed by atoms with van der Waals surface area (Å²) in [6.07, 6.45) is 0.948. The summed E-state index contributed by atoms with van der Waals surface area (Å²) < 4.78 is 5.04. The van der Waals surface area contributed by atoms with Crippen molar-refractivity contribution in [1.82, 2.24) is 0 Å². The van der Waals surface area contributed by atoms with Gasteiger partial charge in [-0.3, -0.25) is 9.59 Å². The highest BCUT2D eigenvalue weighted by Gasteiger charge is 2.13. The molecule has 0 radical (unpaired) electrons. The molecule has 0 spiro atoms. The minimum absolute atomic E-state index is 0.257. The molecule has 0 aliphatic carbocycles. The maximum atomic E-state index is 12.3. The largest absolute Gasteiger partial charge is 0.426 e. The molecule has 0 aliphatic rings. The number of hydrogen-bond acceptors (Lipinski definition) is 3. The number of carbonyl (C=O) groups excluding carboxylic acids is 2. The Balaban J connectivity index is 2.17. The summed E-state index contributed by atoms with van der Waals surface area (Å²) in [5, 5.41) is 2.79. The molecule has 0 aliphatic heterocycles. The zero-order valence-electron chi connectivity index (χ0n) is 12.1. The van der Waals surface area contributed by atoms with Crippen LogP contribution in [0, 0.1) is 0 Å². The highest BCUT2D eigenvalue weighted by molar-refractivity contribution is 6.06. The van der Waals surface area contributed by atoms with Gasteiger partial charge >= 0.3 is 5.97 Å². The van der Waals surface area contributed by atoms with Crippen molar-refractivity contribution < 1.29 is 14.3 Å². The SMILES string of the molecule is CCc1ccc(NC(=O)c2ccccc2OC(C)=O)cc1. The average molecular weight is 283 g/mol. The molecule has 108 valence electrons. The molecule has 0 aromatic heterocycles. The highest BCUT2D eigenvalue weighted by atomic mass is 16.5. The number of carbonyl (C=O) groups is 2. The van der Waals surface area contributed by atoms with Crippen LogP contribution in [0.1, 0.15) is 29.8 Å². The zero-order chi connectivity index (χ0) is 15.2. The van der Waals surface area contributed by atoms with Crippen LogP contribution in [-0.2, 0) is 11.2 Å². The molecule has 0 saturated carbocycles. The summed E-state index contributed by atoms with van der Waals surface area (Å²) in [5.41, 5.74) is 2.23. The fraction of sp³-hybridized carbons (Fsp3) is 0.176. The molecule has 4 heteroatoms. The molecular formula is C17H17NO3. The first-order chi connectivity index (χ1) is 10.1. The fourth-order valence-electron chi connectivity index (χ4n) is 1.92. The quantitative estimate of drug-likeness (QED) is 0.691. The third kappa shape index (κ3) is 3.92. The summed E-state index contributed by atoms with van der Waals surface area (Å²) in [4.78, 5) is 23.3. The lowest BCUT2D eigenvalue weighted by Crippen LogP contribution is -2.14. The van der Waals surface area contributed by atoms with E-state index in [-0.39, 0.29) is 11.7 Å². The van der Waals surface area contributed by atoms with Crippen molar-refractivity contribution in [1.29, 1.82) is 0 Å². The van der Waals surface area contributed by atoms with Gasteiger partial charge in [0.05, 0.1) is 5.56 Å². The maximum absolute atomic E-state index is 12.3. The van der Waals surface area contributed by atoms with E-state index >= 15 is 0 Å². The Morgan fingerprint density at radius 3 is 2.33 bits per heavy atom. The summed E-state index contributed by atoms with van der Waals surface area (Å²) in [6.45, 7) is 3.38. The summed E-state index contributed by atoms with van der Waals surface area (Å²) in [6, 6.07) is 14.3. The van der Waals surface area contributed by atoms with Gasteiger partial charge in [0.15, 0.2) is 0 Å². The molecule has 1 N–H and O–H groups in total. The predicted molar refractivity (Wildman–Crippen MR) is 81.5 cm³/mol. The minimum atomic E-state index is -0.456. The van der Waals surface area contributed by atoms with Crippen LogP contribution in [0.15, 0.2) is 48.5 Å². The highest BCUT2D eigenvalue weighted by Crippen LogP contribution is 2.20. The van der Waals surface area contributed by atoms with Crippen LogP contribution < -0.4 is 10.1 Å². The van der Waals surface area contributed by atoms with Gasteiger partial charge in [0.1, 0.15) is 5.75 Å². The van der Waals surface area contributed by atoms with Gasteiger partial charge in [0.25, 0.3) is 5.91 Å². The first-order valence-corrected chi connectivity index (χ1v) is 6.78. The minimum Gasteiger partial charge on any atom is -0.426 e. The smallest absolute Gasteiger partial charge is 0.308 e. The van der Waals surface area contributed by atoms with E-state index in [0.717, 1.165) is 6.42 Å². The van der Waals surface area contributed by atoms with E-state index in [1.165, 1.54) is 12.5 Å². The van der Waals surface area contributed by atoms with E-state index in [0.29, 0.717) is 11.3 Å². The van der Waals surface area contributed by atoms with Gasteiger partial charge in [-0.05, 0) is 36.2 Å². The van der Waals surface area contributed by atoms with E-state index < -0.39 is 5.97 Å². The topological polar surface area (TPSA) is 55.4 Å². The number of anilines is 1. The van der Waals surface area contributed by atoms with E-state index in [9.17, 15) is 9.59 Å². The number of aryl methyl sites for hydroxylation is 1. The Labute approximate surface area is 123 Å². The molecule has 0 unspecified atom stereocenters. The normalized spacial score (nSPS) is 10.0. The zero-order valence-corrected chi connectivity index (χ0v) is 12.1. The molecule has 2 aromatic carbocycles. The lowest BCUT2D eigenvalue weighted by Gasteiger charge is -2.09. The van der Waals surface area contributed by atoms with Crippen molar-refractivity contribution in [3.63, 3.8) is 0 Å². The molecule has 2 rings (SSSR count). The maximum Gasteiger partial charge on any atom is 0.308 e. The Morgan fingerprint density at radius 1 is 1.05 bits per heavy atom. The standard InChI is InChI=1S/C17H17NO3/c1-3-13-8-10-14(11-9-13)18-17(20)15-6-4-5-7-16(15)21-12(2)19/h4-11H,3H2,1-2H3,(H,18,20). The Kier molecular flexibility index (Phi) is 4.72. The van der Waals surface area contributed by atoms with Crippen molar-refractivity contribution >= 4 is 17.6 Å². The van der Waals surface area contributed by atoms with Crippen LogP contribution >= 0.6 is 0 Å². The number of esters is 1. The second kappa shape index (κ2) is 6.70. The van der Waals surface area contributed by atoms with Crippen molar-refractivity contribution in [3.05, 3.63) is 59.7 Å². The third-order valence-electron chi connectivity index (χ3n) is 3.01.